The number of aliphatic hydroxyl groups is 1. The van der Waals surface area contributed by atoms with Gasteiger partial charge in [-0.2, -0.15) is 0 Å². The first kappa shape index (κ1) is 10.5. The van der Waals surface area contributed by atoms with Crippen molar-refractivity contribution in [3.63, 3.8) is 0 Å². The fourth-order valence-corrected chi connectivity index (χ4v) is 2.48. The normalized spacial score (nSPS) is 20.4. The quantitative estimate of drug-likeness (QED) is 0.839. The van der Waals surface area contributed by atoms with E-state index in [1.807, 2.05) is 29.8 Å². The maximum absolute atomic E-state index is 9.34. The molecule has 1 saturated heterocycles. The van der Waals surface area contributed by atoms with Gasteiger partial charge in [0, 0.05) is 12.7 Å². The van der Waals surface area contributed by atoms with Gasteiger partial charge in [-0.05, 0) is 31.9 Å². The number of hydrogen-bond donors (Lipinski definition) is 1. The summed E-state index contributed by atoms with van der Waals surface area (Å²) in [6.07, 6.45) is 4.04. The Labute approximate surface area is 99.7 Å². The highest BCUT2D eigenvalue weighted by molar-refractivity contribution is 5.52. The number of nitrogens with zero attached hydrogens (tertiary/aromatic N) is 4. The molecule has 5 heteroatoms. The van der Waals surface area contributed by atoms with Crippen molar-refractivity contribution in [3.8, 4) is 0 Å². The summed E-state index contributed by atoms with van der Waals surface area (Å²) >= 11 is 0. The SMILES string of the molecule is Cc1nc(N2CCC[C@H]2CO)nn2cccc12. The summed E-state index contributed by atoms with van der Waals surface area (Å²) in [6.45, 7) is 3.09. The molecule has 0 aliphatic carbocycles. The van der Waals surface area contributed by atoms with Gasteiger partial charge in [0.2, 0.25) is 5.95 Å². The molecular weight excluding hydrogens is 216 g/mol. The van der Waals surface area contributed by atoms with E-state index in [1.165, 1.54) is 0 Å². The molecule has 1 N–H and O–H groups in total. The van der Waals surface area contributed by atoms with Gasteiger partial charge >= 0.3 is 0 Å². The van der Waals surface area contributed by atoms with Crippen LogP contribution in [-0.2, 0) is 0 Å². The van der Waals surface area contributed by atoms with E-state index in [4.69, 9.17) is 0 Å². The molecule has 17 heavy (non-hydrogen) atoms. The summed E-state index contributed by atoms with van der Waals surface area (Å²) in [6, 6.07) is 4.14. The summed E-state index contributed by atoms with van der Waals surface area (Å²) in [4.78, 5) is 6.64. The van der Waals surface area contributed by atoms with Crippen LogP contribution in [-0.4, -0.2) is 38.9 Å². The zero-order valence-corrected chi connectivity index (χ0v) is 9.87. The number of aromatic nitrogens is 3. The van der Waals surface area contributed by atoms with Gasteiger partial charge in [-0.1, -0.05) is 0 Å². The second kappa shape index (κ2) is 4.00. The van der Waals surface area contributed by atoms with Crippen molar-refractivity contribution in [3.05, 3.63) is 24.0 Å². The Kier molecular flexibility index (Phi) is 2.48. The van der Waals surface area contributed by atoms with Crippen molar-refractivity contribution in [2.75, 3.05) is 18.1 Å². The molecule has 0 amide bonds. The third kappa shape index (κ3) is 1.67. The standard InChI is InChI=1S/C12H16N4O/c1-9-11-5-3-7-16(11)14-12(13-9)15-6-2-4-10(15)8-17/h3,5,7,10,17H,2,4,6,8H2,1H3/t10-/m0/s1. The molecule has 90 valence electrons. The molecule has 3 rings (SSSR count). The van der Waals surface area contributed by atoms with Crippen molar-refractivity contribution in [2.45, 2.75) is 25.8 Å². The van der Waals surface area contributed by atoms with Crippen LogP contribution in [0.25, 0.3) is 5.52 Å². The summed E-state index contributed by atoms with van der Waals surface area (Å²) < 4.78 is 1.85. The van der Waals surface area contributed by atoms with E-state index in [9.17, 15) is 5.11 Å². The van der Waals surface area contributed by atoms with E-state index in [2.05, 4.69) is 15.0 Å². The lowest BCUT2D eigenvalue weighted by molar-refractivity contribution is 0.265. The maximum Gasteiger partial charge on any atom is 0.244 e. The van der Waals surface area contributed by atoms with Crippen LogP contribution in [0.1, 0.15) is 18.5 Å². The monoisotopic (exact) mass is 232 g/mol. The van der Waals surface area contributed by atoms with Crippen LogP contribution in [0.2, 0.25) is 0 Å². The van der Waals surface area contributed by atoms with Crippen LogP contribution in [0.15, 0.2) is 18.3 Å². The second-order valence-corrected chi connectivity index (χ2v) is 4.51. The predicted molar refractivity (Wildman–Crippen MR) is 65.2 cm³/mol. The van der Waals surface area contributed by atoms with Gasteiger partial charge in [0.1, 0.15) is 0 Å². The largest absolute Gasteiger partial charge is 0.394 e. The topological polar surface area (TPSA) is 53.7 Å². The van der Waals surface area contributed by atoms with Crippen LogP contribution in [0.3, 0.4) is 0 Å². The Morgan fingerprint density at radius 2 is 2.41 bits per heavy atom. The summed E-state index contributed by atoms with van der Waals surface area (Å²) in [5, 5.41) is 13.8. The van der Waals surface area contributed by atoms with Gasteiger partial charge < -0.3 is 10.0 Å². The Morgan fingerprint density at radius 1 is 1.53 bits per heavy atom. The van der Waals surface area contributed by atoms with Gasteiger partial charge in [-0.15, -0.1) is 5.10 Å². The minimum atomic E-state index is 0.169. The van der Waals surface area contributed by atoms with Crippen LogP contribution < -0.4 is 4.90 Å². The van der Waals surface area contributed by atoms with Gasteiger partial charge in [0.25, 0.3) is 0 Å². The average Bonchev–Trinajstić information content (AvgIpc) is 2.96. The lowest BCUT2D eigenvalue weighted by atomic mass is 10.2. The summed E-state index contributed by atoms with van der Waals surface area (Å²) in [5.74, 6) is 0.725. The summed E-state index contributed by atoms with van der Waals surface area (Å²) in [7, 11) is 0. The molecule has 0 saturated carbocycles. The molecule has 1 atom stereocenters. The lowest BCUT2D eigenvalue weighted by Crippen LogP contribution is -2.34. The molecule has 1 aliphatic heterocycles. The molecule has 1 aliphatic rings. The third-order valence-corrected chi connectivity index (χ3v) is 3.41. The number of fused-ring (bicyclic) bond motifs is 1. The fraction of sp³-hybridized carbons (Fsp3) is 0.500. The Balaban J connectivity index is 2.05. The second-order valence-electron chi connectivity index (χ2n) is 4.51. The van der Waals surface area contributed by atoms with E-state index in [-0.39, 0.29) is 12.6 Å². The molecule has 0 radical (unpaired) electrons. The number of aryl methyl sites for hydroxylation is 1. The van der Waals surface area contributed by atoms with Crippen molar-refractivity contribution in [2.24, 2.45) is 0 Å². The van der Waals surface area contributed by atoms with Gasteiger partial charge in [-0.3, -0.25) is 0 Å². The van der Waals surface area contributed by atoms with Crippen molar-refractivity contribution in [1.82, 2.24) is 14.6 Å². The summed E-state index contributed by atoms with van der Waals surface area (Å²) in [5.41, 5.74) is 2.01. The molecule has 1 fully saturated rings. The maximum atomic E-state index is 9.34. The first-order chi connectivity index (χ1) is 8.29. The van der Waals surface area contributed by atoms with Gasteiger partial charge in [0.05, 0.1) is 23.9 Å². The van der Waals surface area contributed by atoms with E-state index in [1.54, 1.807) is 0 Å². The first-order valence-corrected chi connectivity index (χ1v) is 5.99. The molecule has 0 spiro atoms. The number of rotatable bonds is 2. The Hall–Kier alpha value is -1.62. The van der Waals surface area contributed by atoms with Crippen molar-refractivity contribution in [1.29, 1.82) is 0 Å². The van der Waals surface area contributed by atoms with E-state index in [0.717, 1.165) is 36.5 Å². The number of hydrogen-bond acceptors (Lipinski definition) is 4. The first-order valence-electron chi connectivity index (χ1n) is 5.99. The lowest BCUT2D eigenvalue weighted by Gasteiger charge is -2.23. The minimum Gasteiger partial charge on any atom is -0.394 e. The fourth-order valence-electron chi connectivity index (χ4n) is 2.48. The van der Waals surface area contributed by atoms with E-state index >= 15 is 0 Å². The highest BCUT2D eigenvalue weighted by atomic mass is 16.3. The highest BCUT2D eigenvalue weighted by Gasteiger charge is 2.26. The van der Waals surface area contributed by atoms with Crippen LogP contribution >= 0.6 is 0 Å². The van der Waals surface area contributed by atoms with Crippen molar-refractivity contribution >= 4 is 11.5 Å². The molecule has 0 bridgehead atoms. The number of anilines is 1. The van der Waals surface area contributed by atoms with Crippen LogP contribution in [0.4, 0.5) is 5.95 Å². The zero-order valence-electron chi connectivity index (χ0n) is 9.87. The van der Waals surface area contributed by atoms with E-state index < -0.39 is 0 Å². The Bertz CT molecular complexity index is 536. The smallest absolute Gasteiger partial charge is 0.244 e. The van der Waals surface area contributed by atoms with Gasteiger partial charge in [-0.25, -0.2) is 9.50 Å². The predicted octanol–water partition coefficient (Wildman–Crippen LogP) is 0.999. The third-order valence-electron chi connectivity index (χ3n) is 3.41. The molecule has 2 aromatic rings. The van der Waals surface area contributed by atoms with Crippen LogP contribution in [0.5, 0.6) is 0 Å². The van der Waals surface area contributed by atoms with E-state index in [0.29, 0.717) is 0 Å². The molecular formula is C12H16N4O. The molecule has 2 aromatic heterocycles. The van der Waals surface area contributed by atoms with Crippen molar-refractivity contribution < 1.29 is 5.11 Å². The average molecular weight is 232 g/mol. The minimum absolute atomic E-state index is 0.169. The highest BCUT2D eigenvalue weighted by Crippen LogP contribution is 2.22. The number of aliphatic hydroxyl groups excluding tert-OH is 1. The molecule has 0 aromatic carbocycles. The van der Waals surface area contributed by atoms with Gasteiger partial charge in [0.15, 0.2) is 0 Å². The van der Waals surface area contributed by atoms with Crippen LogP contribution in [0, 0.1) is 6.92 Å². The molecule has 5 nitrogen and oxygen atoms in total. The molecule has 0 unspecified atom stereocenters. The zero-order chi connectivity index (χ0) is 11.8. The Morgan fingerprint density at radius 3 is 3.24 bits per heavy atom. The molecule has 3 heterocycles.